The van der Waals surface area contributed by atoms with Crippen molar-refractivity contribution in [1.82, 2.24) is 9.88 Å². The van der Waals surface area contributed by atoms with Crippen LogP contribution in [0.25, 0.3) is 10.9 Å². The van der Waals surface area contributed by atoms with Crippen LogP contribution in [0, 0.1) is 6.92 Å². The molecule has 0 fully saturated rings. The van der Waals surface area contributed by atoms with Crippen LogP contribution in [0.2, 0.25) is 0 Å². The number of ether oxygens (including phenoxy) is 1. The number of benzene rings is 1. The number of halogens is 1. The Labute approximate surface area is 120 Å². The van der Waals surface area contributed by atoms with Gasteiger partial charge in [0, 0.05) is 30.2 Å². The fraction of sp³-hybridized carbons (Fsp3) is 0.231. The van der Waals surface area contributed by atoms with Crippen LogP contribution in [0.3, 0.4) is 0 Å². The van der Waals surface area contributed by atoms with Gasteiger partial charge in [-0.15, -0.1) is 0 Å². The predicted molar refractivity (Wildman–Crippen MR) is 81.1 cm³/mol. The maximum absolute atomic E-state index is 5.62. The van der Waals surface area contributed by atoms with E-state index < -0.39 is 0 Å². The van der Waals surface area contributed by atoms with E-state index >= 15 is 0 Å². The fourth-order valence-corrected chi connectivity index (χ4v) is 2.07. The Bertz CT molecular complexity index is 613. The number of aromatic nitrogens is 1. The lowest BCUT2D eigenvalue weighted by molar-refractivity contribution is 0.449. The van der Waals surface area contributed by atoms with Crippen LogP contribution < -0.4 is 4.74 Å². The Morgan fingerprint density at radius 1 is 1.33 bits per heavy atom. The minimum absolute atomic E-state index is 0.441. The first-order valence-corrected chi connectivity index (χ1v) is 6.62. The van der Waals surface area contributed by atoms with Crippen LogP contribution in [-0.4, -0.2) is 29.2 Å². The second-order valence-corrected chi connectivity index (χ2v) is 5.49. The van der Waals surface area contributed by atoms with E-state index in [9.17, 15) is 0 Å². The van der Waals surface area contributed by atoms with Crippen LogP contribution in [0.15, 0.2) is 28.9 Å². The molecule has 0 atom stereocenters. The smallest absolute Gasteiger partial charge is 0.264 e. The molecule has 1 heterocycles. The molecule has 5 heteroatoms. The van der Waals surface area contributed by atoms with Gasteiger partial charge in [-0.2, -0.15) is 0 Å². The summed E-state index contributed by atoms with van der Waals surface area (Å²) in [5.74, 6) is 0.735. The summed E-state index contributed by atoms with van der Waals surface area (Å²) in [6.45, 7) is 2.01. The van der Waals surface area contributed by atoms with Crippen LogP contribution in [-0.2, 0) is 0 Å². The fourth-order valence-electron chi connectivity index (χ4n) is 1.62. The highest BCUT2D eigenvalue weighted by atomic mass is 79.9. The molecule has 0 radical (unpaired) electrons. The van der Waals surface area contributed by atoms with Gasteiger partial charge in [-0.05, 0) is 58.8 Å². The summed E-state index contributed by atoms with van der Waals surface area (Å²) in [4.78, 5) is 6.15. The van der Waals surface area contributed by atoms with E-state index in [1.54, 1.807) is 11.1 Å². The molecular formula is C13H13BrN2OS. The third kappa shape index (κ3) is 2.79. The predicted octanol–water partition coefficient (Wildman–Crippen LogP) is 3.53. The van der Waals surface area contributed by atoms with E-state index in [-0.39, 0.29) is 0 Å². The molecule has 94 valence electrons. The van der Waals surface area contributed by atoms with E-state index in [0.29, 0.717) is 5.17 Å². The number of pyridine rings is 1. The van der Waals surface area contributed by atoms with Gasteiger partial charge < -0.3 is 9.64 Å². The number of aryl methyl sites for hydroxylation is 1. The molecule has 0 bridgehead atoms. The molecule has 2 rings (SSSR count). The molecular weight excluding hydrogens is 312 g/mol. The van der Waals surface area contributed by atoms with Gasteiger partial charge in [0.2, 0.25) is 0 Å². The zero-order valence-electron chi connectivity index (χ0n) is 10.4. The molecule has 0 aliphatic rings. The van der Waals surface area contributed by atoms with Gasteiger partial charge in [0.25, 0.3) is 5.17 Å². The summed E-state index contributed by atoms with van der Waals surface area (Å²) in [5.41, 5.74) is 2.04. The largest absolute Gasteiger partial charge is 0.432 e. The van der Waals surface area contributed by atoms with Gasteiger partial charge in [-0.1, -0.05) is 0 Å². The molecule has 3 nitrogen and oxygen atoms in total. The number of fused-ring (bicyclic) bond motifs is 1. The lowest BCUT2D eigenvalue weighted by Crippen LogP contribution is -2.24. The lowest BCUT2D eigenvalue weighted by Gasteiger charge is -2.15. The standard InChI is InChI=1S/C13H13BrN2OS/c1-8-4-11(17-13(18)16(2)3)6-9-5-10(14)7-15-12(8)9/h4-7H,1-3H3. The Morgan fingerprint density at radius 3 is 2.72 bits per heavy atom. The van der Waals surface area contributed by atoms with Crippen LogP contribution in [0.4, 0.5) is 0 Å². The first-order valence-electron chi connectivity index (χ1n) is 5.42. The summed E-state index contributed by atoms with van der Waals surface area (Å²) in [7, 11) is 3.71. The van der Waals surface area contributed by atoms with E-state index in [4.69, 9.17) is 17.0 Å². The van der Waals surface area contributed by atoms with E-state index in [2.05, 4.69) is 20.9 Å². The van der Waals surface area contributed by atoms with Gasteiger partial charge in [0.1, 0.15) is 5.75 Å². The van der Waals surface area contributed by atoms with Gasteiger partial charge in [-0.3, -0.25) is 4.98 Å². The van der Waals surface area contributed by atoms with Crippen molar-refractivity contribution in [2.75, 3.05) is 14.1 Å². The van der Waals surface area contributed by atoms with Crippen LogP contribution in [0.5, 0.6) is 5.75 Å². The molecule has 1 aromatic heterocycles. The maximum Gasteiger partial charge on any atom is 0.264 e. The van der Waals surface area contributed by atoms with Crippen molar-refractivity contribution in [3.63, 3.8) is 0 Å². The number of hydrogen-bond donors (Lipinski definition) is 0. The quantitative estimate of drug-likeness (QED) is 0.749. The van der Waals surface area contributed by atoms with Crippen molar-refractivity contribution in [1.29, 1.82) is 0 Å². The molecule has 0 saturated heterocycles. The van der Waals surface area contributed by atoms with Crippen molar-refractivity contribution >= 4 is 44.2 Å². The van der Waals surface area contributed by atoms with Crippen molar-refractivity contribution < 1.29 is 4.74 Å². The zero-order chi connectivity index (χ0) is 13.3. The molecule has 0 saturated carbocycles. The number of nitrogens with zero attached hydrogens (tertiary/aromatic N) is 2. The zero-order valence-corrected chi connectivity index (χ0v) is 12.8. The molecule has 18 heavy (non-hydrogen) atoms. The van der Waals surface area contributed by atoms with Gasteiger partial charge in [0.05, 0.1) is 5.52 Å². The van der Waals surface area contributed by atoms with Crippen LogP contribution >= 0.6 is 28.1 Å². The summed E-state index contributed by atoms with van der Waals surface area (Å²) < 4.78 is 6.56. The monoisotopic (exact) mass is 324 g/mol. The Morgan fingerprint density at radius 2 is 2.06 bits per heavy atom. The van der Waals surface area contributed by atoms with Crippen molar-refractivity contribution in [3.8, 4) is 5.75 Å². The average Bonchev–Trinajstić information content (AvgIpc) is 2.27. The van der Waals surface area contributed by atoms with Gasteiger partial charge in [-0.25, -0.2) is 0 Å². The summed E-state index contributed by atoms with van der Waals surface area (Å²) in [5, 5.41) is 1.47. The maximum atomic E-state index is 5.62. The topological polar surface area (TPSA) is 25.4 Å². The first-order chi connectivity index (χ1) is 8.47. The van der Waals surface area contributed by atoms with Crippen LogP contribution in [0.1, 0.15) is 5.56 Å². The second-order valence-electron chi connectivity index (χ2n) is 4.23. The van der Waals surface area contributed by atoms with Crippen molar-refractivity contribution in [2.45, 2.75) is 6.92 Å². The third-order valence-electron chi connectivity index (χ3n) is 2.48. The van der Waals surface area contributed by atoms with Gasteiger partial charge >= 0.3 is 0 Å². The molecule has 0 amide bonds. The molecule has 0 spiro atoms. The Balaban J connectivity index is 2.44. The average molecular weight is 325 g/mol. The normalized spacial score (nSPS) is 10.4. The third-order valence-corrected chi connectivity index (χ3v) is 3.37. The minimum Gasteiger partial charge on any atom is -0.432 e. The van der Waals surface area contributed by atoms with Crippen molar-refractivity contribution in [3.05, 3.63) is 34.4 Å². The van der Waals surface area contributed by atoms with E-state index in [1.165, 1.54) is 0 Å². The molecule has 0 aliphatic carbocycles. The number of thiocarbonyl (C=S) groups is 1. The highest BCUT2D eigenvalue weighted by Gasteiger charge is 2.07. The lowest BCUT2D eigenvalue weighted by atomic mass is 10.1. The minimum atomic E-state index is 0.441. The summed E-state index contributed by atoms with van der Waals surface area (Å²) >= 11 is 8.55. The highest BCUT2D eigenvalue weighted by molar-refractivity contribution is 9.10. The SMILES string of the molecule is Cc1cc(OC(=S)N(C)C)cc2cc(Br)cnc12. The molecule has 0 aliphatic heterocycles. The molecule has 1 aromatic carbocycles. The first kappa shape index (κ1) is 13.2. The number of hydrogen-bond acceptors (Lipinski definition) is 3. The number of rotatable bonds is 1. The Hall–Kier alpha value is -1.20. The van der Waals surface area contributed by atoms with E-state index in [0.717, 1.165) is 26.7 Å². The van der Waals surface area contributed by atoms with E-state index in [1.807, 2.05) is 39.2 Å². The summed E-state index contributed by atoms with van der Waals surface area (Å²) in [6, 6.07) is 5.90. The van der Waals surface area contributed by atoms with Crippen molar-refractivity contribution in [2.24, 2.45) is 0 Å². The highest BCUT2D eigenvalue weighted by Crippen LogP contribution is 2.26. The Kier molecular flexibility index (Phi) is 3.82. The molecule has 2 aromatic rings. The summed E-state index contributed by atoms with van der Waals surface area (Å²) in [6.07, 6.45) is 1.79. The molecule has 0 unspecified atom stereocenters. The second kappa shape index (κ2) is 5.20. The molecule has 0 N–H and O–H groups in total. The van der Waals surface area contributed by atoms with Gasteiger partial charge in [0.15, 0.2) is 0 Å².